The zero-order valence-electron chi connectivity index (χ0n) is 9.77. The Balaban J connectivity index is 2.60. The van der Waals surface area contributed by atoms with Gasteiger partial charge >= 0.3 is 5.97 Å². The third-order valence-electron chi connectivity index (χ3n) is 2.44. The van der Waals surface area contributed by atoms with Gasteiger partial charge in [-0.2, -0.15) is 0 Å². The van der Waals surface area contributed by atoms with E-state index in [0.29, 0.717) is 5.56 Å². The van der Waals surface area contributed by atoms with Gasteiger partial charge in [-0.15, -0.1) is 0 Å². The van der Waals surface area contributed by atoms with Crippen LogP contribution in [0, 0.1) is 0 Å². The van der Waals surface area contributed by atoms with Gasteiger partial charge in [0.1, 0.15) is 11.9 Å². The minimum absolute atomic E-state index is 0.00805. The van der Waals surface area contributed by atoms with Crippen LogP contribution in [0.1, 0.15) is 43.5 Å². The first kappa shape index (κ1) is 12.6. The molecule has 0 bridgehead atoms. The lowest BCUT2D eigenvalue weighted by Crippen LogP contribution is -2.17. The van der Waals surface area contributed by atoms with Crippen LogP contribution in [0.25, 0.3) is 0 Å². The standard InChI is InChI=1S/C13H18O3/c1-3-5-12(4-2)16-13(15)10-6-8-11(14)9-7-10/h6-9,12,14H,3-5H2,1-2H3. The Kier molecular flexibility index (Phi) is 4.83. The Hall–Kier alpha value is -1.51. The predicted octanol–water partition coefficient (Wildman–Crippen LogP) is 3.13. The largest absolute Gasteiger partial charge is 0.508 e. The average molecular weight is 222 g/mol. The number of phenolic OH excluding ortho intramolecular Hbond substituents is 1. The highest BCUT2D eigenvalue weighted by atomic mass is 16.5. The molecule has 0 aromatic heterocycles. The molecule has 3 nitrogen and oxygen atoms in total. The van der Waals surface area contributed by atoms with Gasteiger partial charge in [-0.3, -0.25) is 0 Å². The van der Waals surface area contributed by atoms with Crippen LogP contribution in [0.2, 0.25) is 0 Å². The maximum absolute atomic E-state index is 11.7. The summed E-state index contributed by atoms with van der Waals surface area (Å²) in [6, 6.07) is 6.10. The summed E-state index contributed by atoms with van der Waals surface area (Å²) < 4.78 is 5.35. The van der Waals surface area contributed by atoms with Crippen LogP contribution in [0.5, 0.6) is 5.75 Å². The van der Waals surface area contributed by atoms with Gasteiger partial charge in [0.25, 0.3) is 0 Å². The monoisotopic (exact) mass is 222 g/mol. The number of carbonyl (C=O) groups excluding carboxylic acids is 1. The molecular weight excluding hydrogens is 204 g/mol. The maximum atomic E-state index is 11.7. The molecule has 1 atom stereocenters. The molecule has 1 rings (SSSR count). The van der Waals surface area contributed by atoms with Gasteiger partial charge in [-0.05, 0) is 37.1 Å². The van der Waals surface area contributed by atoms with Crippen LogP contribution in [0.3, 0.4) is 0 Å². The molecule has 0 aliphatic rings. The van der Waals surface area contributed by atoms with E-state index in [1.807, 2.05) is 6.92 Å². The first-order valence-corrected chi connectivity index (χ1v) is 5.67. The molecule has 0 aliphatic heterocycles. The third kappa shape index (κ3) is 3.57. The summed E-state index contributed by atoms with van der Waals surface area (Å²) in [5.41, 5.74) is 0.479. The van der Waals surface area contributed by atoms with E-state index in [1.165, 1.54) is 12.1 Å². The fourth-order valence-corrected chi connectivity index (χ4v) is 1.49. The van der Waals surface area contributed by atoms with Gasteiger partial charge in [0.05, 0.1) is 5.56 Å². The number of rotatable bonds is 5. The number of hydrogen-bond acceptors (Lipinski definition) is 3. The SMILES string of the molecule is CCCC(CC)OC(=O)c1ccc(O)cc1. The maximum Gasteiger partial charge on any atom is 0.338 e. The first-order valence-electron chi connectivity index (χ1n) is 5.67. The molecule has 88 valence electrons. The number of carbonyl (C=O) groups is 1. The molecule has 0 saturated carbocycles. The van der Waals surface area contributed by atoms with E-state index < -0.39 is 0 Å². The van der Waals surface area contributed by atoms with E-state index in [0.717, 1.165) is 19.3 Å². The summed E-state index contributed by atoms with van der Waals surface area (Å²) in [5, 5.41) is 9.10. The van der Waals surface area contributed by atoms with Crippen molar-refractivity contribution >= 4 is 5.97 Å². The summed E-state index contributed by atoms with van der Waals surface area (Å²) in [6.45, 7) is 4.07. The molecule has 0 spiro atoms. The normalized spacial score (nSPS) is 12.1. The van der Waals surface area contributed by atoms with Crippen molar-refractivity contribution < 1.29 is 14.6 Å². The van der Waals surface area contributed by atoms with E-state index in [-0.39, 0.29) is 17.8 Å². The predicted molar refractivity (Wildman–Crippen MR) is 62.5 cm³/mol. The topological polar surface area (TPSA) is 46.5 Å². The van der Waals surface area contributed by atoms with Gasteiger partial charge < -0.3 is 9.84 Å². The van der Waals surface area contributed by atoms with Crippen molar-refractivity contribution in [3.63, 3.8) is 0 Å². The lowest BCUT2D eigenvalue weighted by molar-refractivity contribution is 0.0271. The van der Waals surface area contributed by atoms with Crippen molar-refractivity contribution in [2.45, 2.75) is 39.2 Å². The summed E-state index contributed by atoms with van der Waals surface area (Å²) in [6.07, 6.45) is 2.71. The molecular formula is C13H18O3. The number of benzene rings is 1. The fourth-order valence-electron chi connectivity index (χ4n) is 1.49. The summed E-state index contributed by atoms with van der Waals surface area (Å²) >= 11 is 0. The molecule has 0 radical (unpaired) electrons. The average Bonchev–Trinajstić information content (AvgIpc) is 2.29. The van der Waals surface area contributed by atoms with Crippen LogP contribution in [0.4, 0.5) is 0 Å². The zero-order valence-corrected chi connectivity index (χ0v) is 9.77. The van der Waals surface area contributed by atoms with Crippen molar-refractivity contribution in [1.29, 1.82) is 0 Å². The van der Waals surface area contributed by atoms with Crippen LogP contribution >= 0.6 is 0 Å². The van der Waals surface area contributed by atoms with Crippen molar-refractivity contribution in [3.05, 3.63) is 29.8 Å². The van der Waals surface area contributed by atoms with Crippen molar-refractivity contribution in [2.75, 3.05) is 0 Å². The number of esters is 1. The van der Waals surface area contributed by atoms with E-state index in [4.69, 9.17) is 9.84 Å². The first-order chi connectivity index (χ1) is 7.67. The van der Waals surface area contributed by atoms with Crippen LogP contribution in [-0.4, -0.2) is 17.2 Å². The number of ether oxygens (including phenoxy) is 1. The highest BCUT2D eigenvalue weighted by Crippen LogP contribution is 2.13. The third-order valence-corrected chi connectivity index (χ3v) is 2.44. The van der Waals surface area contributed by atoms with Crippen LogP contribution in [-0.2, 0) is 4.74 Å². The van der Waals surface area contributed by atoms with E-state index in [9.17, 15) is 4.79 Å². The second kappa shape index (κ2) is 6.16. The molecule has 0 fully saturated rings. The highest BCUT2D eigenvalue weighted by Gasteiger charge is 2.13. The van der Waals surface area contributed by atoms with Crippen molar-refractivity contribution in [3.8, 4) is 5.75 Å². The van der Waals surface area contributed by atoms with Gasteiger partial charge in [0, 0.05) is 0 Å². The highest BCUT2D eigenvalue weighted by molar-refractivity contribution is 5.89. The minimum Gasteiger partial charge on any atom is -0.508 e. The Morgan fingerprint density at radius 1 is 1.31 bits per heavy atom. The summed E-state index contributed by atoms with van der Waals surface area (Å²) in [4.78, 5) is 11.7. The molecule has 0 heterocycles. The Morgan fingerprint density at radius 2 is 1.94 bits per heavy atom. The van der Waals surface area contributed by atoms with E-state index in [1.54, 1.807) is 12.1 Å². The molecule has 1 N–H and O–H groups in total. The van der Waals surface area contributed by atoms with Crippen LogP contribution in [0.15, 0.2) is 24.3 Å². The number of phenols is 1. The zero-order chi connectivity index (χ0) is 12.0. The molecule has 0 amide bonds. The van der Waals surface area contributed by atoms with Gasteiger partial charge in [0.2, 0.25) is 0 Å². The molecule has 0 aliphatic carbocycles. The molecule has 0 saturated heterocycles. The quantitative estimate of drug-likeness (QED) is 0.778. The second-order valence-electron chi connectivity index (χ2n) is 3.77. The van der Waals surface area contributed by atoms with Crippen molar-refractivity contribution in [2.24, 2.45) is 0 Å². The summed E-state index contributed by atoms with van der Waals surface area (Å²) in [7, 11) is 0. The van der Waals surface area contributed by atoms with Gasteiger partial charge in [-0.1, -0.05) is 20.3 Å². The fraction of sp³-hybridized carbons (Fsp3) is 0.462. The Morgan fingerprint density at radius 3 is 2.44 bits per heavy atom. The summed E-state index contributed by atoms with van der Waals surface area (Å²) in [5.74, 6) is -0.169. The second-order valence-corrected chi connectivity index (χ2v) is 3.77. The number of aromatic hydroxyl groups is 1. The lowest BCUT2D eigenvalue weighted by Gasteiger charge is -2.15. The Bertz CT molecular complexity index is 330. The molecule has 3 heteroatoms. The van der Waals surface area contributed by atoms with Gasteiger partial charge in [0.15, 0.2) is 0 Å². The lowest BCUT2D eigenvalue weighted by atomic mass is 10.1. The van der Waals surface area contributed by atoms with Gasteiger partial charge in [-0.25, -0.2) is 4.79 Å². The Labute approximate surface area is 96.1 Å². The molecule has 1 aromatic rings. The van der Waals surface area contributed by atoms with Crippen LogP contribution < -0.4 is 0 Å². The van der Waals surface area contributed by atoms with E-state index >= 15 is 0 Å². The minimum atomic E-state index is -0.319. The van der Waals surface area contributed by atoms with Crippen molar-refractivity contribution in [1.82, 2.24) is 0 Å². The molecule has 1 unspecified atom stereocenters. The smallest absolute Gasteiger partial charge is 0.338 e. The molecule has 16 heavy (non-hydrogen) atoms. The number of hydrogen-bond donors (Lipinski definition) is 1. The molecule has 1 aromatic carbocycles. The van der Waals surface area contributed by atoms with E-state index in [2.05, 4.69) is 6.92 Å².